The summed E-state index contributed by atoms with van der Waals surface area (Å²) in [7, 11) is 0. The Hall–Kier alpha value is -3.04. The van der Waals surface area contributed by atoms with Crippen molar-refractivity contribution in [2.45, 2.75) is 32.3 Å². The Balaban J connectivity index is 2.58. The molecule has 0 atom stereocenters. The molecule has 1 aromatic carbocycles. The lowest BCUT2D eigenvalue weighted by Crippen LogP contribution is -2.33. The molecule has 10 heteroatoms. The number of alkyl halides is 4. The number of rotatable bonds is 6. The predicted octanol–water partition coefficient (Wildman–Crippen LogP) is 3.33. The number of hydrogen-bond donors (Lipinski definition) is 3. The van der Waals surface area contributed by atoms with Gasteiger partial charge in [0.25, 0.3) is 0 Å². The predicted molar refractivity (Wildman–Crippen MR) is 84.6 cm³/mol. The molecule has 27 heavy (non-hydrogen) atoms. The maximum absolute atomic E-state index is 13.2. The van der Waals surface area contributed by atoms with E-state index in [-0.39, 0.29) is 28.1 Å². The molecule has 0 aliphatic carbocycles. The molecule has 146 valence electrons. The van der Waals surface area contributed by atoms with Gasteiger partial charge in [0.15, 0.2) is 0 Å². The Bertz CT molecular complexity index is 811. The van der Waals surface area contributed by atoms with Gasteiger partial charge < -0.3 is 20.3 Å². The van der Waals surface area contributed by atoms with Crippen LogP contribution in [0, 0.1) is 0 Å². The smallest absolute Gasteiger partial charge is 0.461 e. The topological polar surface area (TPSA) is 95.9 Å². The number of carbonyl (C=O) groups is 2. The number of allylic oxidation sites excluding steroid dienone is 2. The highest BCUT2D eigenvalue weighted by Gasteiger charge is 2.44. The Labute approximate surface area is 150 Å². The highest BCUT2D eigenvalue weighted by molar-refractivity contribution is 5.98. The fraction of sp³-hybridized carbons (Fsp3) is 0.294. The SMILES string of the molecule is CC1=C(C(=O)O)C(c2cccc(OC(F)(F)C(F)F)c2)C(C(=O)O)=C(C)N1. The third-order valence-electron chi connectivity index (χ3n) is 3.92. The molecule has 6 nitrogen and oxygen atoms in total. The minimum absolute atomic E-state index is 0.00688. The highest BCUT2D eigenvalue weighted by Crippen LogP contribution is 2.39. The summed E-state index contributed by atoms with van der Waals surface area (Å²) < 4.78 is 55.0. The van der Waals surface area contributed by atoms with Gasteiger partial charge in [-0.3, -0.25) is 0 Å². The van der Waals surface area contributed by atoms with Crippen LogP contribution < -0.4 is 10.1 Å². The van der Waals surface area contributed by atoms with Gasteiger partial charge in [0.2, 0.25) is 0 Å². The number of ether oxygens (including phenoxy) is 1. The molecule has 1 aromatic rings. The number of benzene rings is 1. The summed E-state index contributed by atoms with van der Waals surface area (Å²) in [6, 6.07) is 4.38. The van der Waals surface area contributed by atoms with E-state index in [1.165, 1.54) is 26.0 Å². The standard InChI is InChI=1S/C17H15F4NO5/c1-7-11(14(23)24)13(12(15(25)26)8(2)22-7)9-4-3-5-10(6-9)27-17(20,21)16(18)19/h3-6,13,16,22H,1-2H3,(H,23,24)(H,25,26). The van der Waals surface area contributed by atoms with Crippen LogP contribution in [-0.2, 0) is 9.59 Å². The molecule has 1 aliphatic rings. The van der Waals surface area contributed by atoms with Crippen LogP contribution in [0.2, 0.25) is 0 Å². The number of halogens is 4. The number of nitrogens with one attached hydrogen (secondary N) is 1. The fourth-order valence-electron chi connectivity index (χ4n) is 2.85. The Morgan fingerprint density at radius 2 is 1.63 bits per heavy atom. The van der Waals surface area contributed by atoms with E-state index in [4.69, 9.17) is 0 Å². The molecule has 2 rings (SSSR count). The van der Waals surface area contributed by atoms with E-state index in [9.17, 15) is 37.4 Å². The zero-order chi connectivity index (χ0) is 20.5. The minimum atomic E-state index is -4.75. The van der Waals surface area contributed by atoms with Crippen molar-refractivity contribution in [1.82, 2.24) is 5.32 Å². The number of carboxylic acid groups (broad SMARTS) is 2. The van der Waals surface area contributed by atoms with Crippen LogP contribution in [0.1, 0.15) is 25.3 Å². The quantitative estimate of drug-likeness (QED) is 0.646. The molecule has 0 amide bonds. The van der Waals surface area contributed by atoms with Gasteiger partial charge in [-0.05, 0) is 31.5 Å². The molecule has 1 aliphatic heterocycles. The van der Waals surface area contributed by atoms with Crippen molar-refractivity contribution in [2.24, 2.45) is 0 Å². The Morgan fingerprint density at radius 1 is 1.11 bits per heavy atom. The van der Waals surface area contributed by atoms with Gasteiger partial charge in [-0.25, -0.2) is 9.59 Å². The molecule has 0 bridgehead atoms. The monoisotopic (exact) mass is 389 g/mol. The lowest BCUT2D eigenvalue weighted by Gasteiger charge is -2.29. The summed E-state index contributed by atoms with van der Waals surface area (Å²) in [5, 5.41) is 21.6. The second-order valence-corrected chi connectivity index (χ2v) is 5.78. The first kappa shape index (κ1) is 20.3. The maximum Gasteiger partial charge on any atom is 0.461 e. The van der Waals surface area contributed by atoms with E-state index in [0.29, 0.717) is 0 Å². The Kier molecular flexibility index (Phi) is 5.48. The average Bonchev–Trinajstić information content (AvgIpc) is 2.52. The highest BCUT2D eigenvalue weighted by atomic mass is 19.3. The molecular formula is C17H15F4NO5. The summed E-state index contributed by atoms with van der Waals surface area (Å²) in [6.45, 7) is 2.84. The van der Waals surface area contributed by atoms with Crippen LogP contribution in [-0.4, -0.2) is 34.7 Å². The van der Waals surface area contributed by atoms with Crippen molar-refractivity contribution in [3.8, 4) is 5.75 Å². The van der Waals surface area contributed by atoms with Gasteiger partial charge >= 0.3 is 24.5 Å². The van der Waals surface area contributed by atoms with Crippen molar-refractivity contribution >= 4 is 11.9 Å². The van der Waals surface area contributed by atoms with E-state index >= 15 is 0 Å². The van der Waals surface area contributed by atoms with Gasteiger partial charge in [-0.1, -0.05) is 12.1 Å². The Morgan fingerprint density at radius 3 is 2.07 bits per heavy atom. The van der Waals surface area contributed by atoms with E-state index in [1.807, 2.05) is 0 Å². The van der Waals surface area contributed by atoms with Gasteiger partial charge in [0, 0.05) is 11.4 Å². The molecule has 0 unspecified atom stereocenters. The number of aliphatic carboxylic acids is 2. The summed E-state index contributed by atoms with van der Waals surface area (Å²) in [5.74, 6) is -4.80. The van der Waals surface area contributed by atoms with Crippen LogP contribution in [0.3, 0.4) is 0 Å². The van der Waals surface area contributed by atoms with Crippen molar-refractivity contribution in [1.29, 1.82) is 0 Å². The van der Waals surface area contributed by atoms with Gasteiger partial charge in [-0.15, -0.1) is 0 Å². The van der Waals surface area contributed by atoms with Crippen LogP contribution >= 0.6 is 0 Å². The second-order valence-electron chi connectivity index (χ2n) is 5.78. The summed E-state index contributed by atoms with van der Waals surface area (Å²) in [6.07, 6.45) is -8.83. The van der Waals surface area contributed by atoms with Gasteiger partial charge in [-0.2, -0.15) is 17.6 Å². The van der Waals surface area contributed by atoms with Crippen LogP contribution in [0.5, 0.6) is 5.75 Å². The first-order chi connectivity index (χ1) is 12.5. The second kappa shape index (κ2) is 7.29. The molecule has 0 radical (unpaired) electrons. The lowest BCUT2D eigenvalue weighted by molar-refractivity contribution is -0.253. The molecule has 0 saturated carbocycles. The number of hydrogen-bond acceptors (Lipinski definition) is 4. The third-order valence-corrected chi connectivity index (χ3v) is 3.92. The van der Waals surface area contributed by atoms with Crippen molar-refractivity contribution in [3.63, 3.8) is 0 Å². The summed E-state index contributed by atoms with van der Waals surface area (Å²) in [4.78, 5) is 23.3. The zero-order valence-electron chi connectivity index (χ0n) is 14.1. The molecule has 0 aromatic heterocycles. The molecule has 0 saturated heterocycles. The molecule has 3 N–H and O–H groups in total. The van der Waals surface area contributed by atoms with E-state index in [1.54, 1.807) is 0 Å². The molecule has 0 fully saturated rings. The van der Waals surface area contributed by atoms with E-state index < -0.39 is 36.1 Å². The summed E-state index contributed by atoms with van der Waals surface area (Å²) in [5.41, 5.74) is -0.294. The first-order valence-electron chi connectivity index (χ1n) is 7.55. The molecule has 0 spiro atoms. The maximum atomic E-state index is 13.2. The van der Waals surface area contributed by atoms with Crippen molar-refractivity contribution in [2.75, 3.05) is 0 Å². The van der Waals surface area contributed by atoms with Crippen LogP contribution in [0.4, 0.5) is 17.6 Å². The summed E-state index contributed by atoms with van der Waals surface area (Å²) >= 11 is 0. The lowest BCUT2D eigenvalue weighted by atomic mass is 9.80. The average molecular weight is 389 g/mol. The fourth-order valence-corrected chi connectivity index (χ4v) is 2.85. The third kappa shape index (κ3) is 4.04. The number of carboxylic acids is 2. The van der Waals surface area contributed by atoms with E-state index in [2.05, 4.69) is 10.1 Å². The number of dihydropyridines is 1. The van der Waals surface area contributed by atoms with E-state index in [0.717, 1.165) is 12.1 Å². The zero-order valence-corrected chi connectivity index (χ0v) is 14.1. The minimum Gasteiger partial charge on any atom is -0.478 e. The normalized spacial score (nSPS) is 15.8. The first-order valence-corrected chi connectivity index (χ1v) is 7.55. The van der Waals surface area contributed by atoms with Crippen molar-refractivity contribution < 1.29 is 42.1 Å². The largest absolute Gasteiger partial charge is 0.478 e. The van der Waals surface area contributed by atoms with Gasteiger partial charge in [0.05, 0.1) is 17.1 Å². The molecular weight excluding hydrogens is 374 g/mol. The molecule has 1 heterocycles. The van der Waals surface area contributed by atoms with Gasteiger partial charge in [0.1, 0.15) is 5.75 Å². The van der Waals surface area contributed by atoms with Crippen LogP contribution in [0.15, 0.2) is 46.8 Å². The van der Waals surface area contributed by atoms with Crippen molar-refractivity contribution in [3.05, 3.63) is 52.4 Å². The van der Waals surface area contributed by atoms with Crippen LogP contribution in [0.25, 0.3) is 0 Å².